The largest absolute Gasteiger partial charge is 0.204 e. The summed E-state index contributed by atoms with van der Waals surface area (Å²) in [5.74, 6) is -0.606. The van der Waals surface area contributed by atoms with Crippen molar-refractivity contribution < 1.29 is 13.2 Å². The van der Waals surface area contributed by atoms with Crippen LogP contribution in [0.4, 0.5) is 13.2 Å². The summed E-state index contributed by atoms with van der Waals surface area (Å²) in [5.41, 5.74) is 2.38. The molecular formula is C25H27F3. The van der Waals surface area contributed by atoms with Crippen LogP contribution in [-0.4, -0.2) is 0 Å². The topological polar surface area (TPSA) is 0 Å². The first kappa shape index (κ1) is 19.3. The van der Waals surface area contributed by atoms with Gasteiger partial charge in [-0.2, -0.15) is 0 Å². The highest BCUT2D eigenvalue weighted by Crippen LogP contribution is 2.48. The molecule has 3 heteroatoms. The quantitative estimate of drug-likeness (QED) is 0.375. The van der Waals surface area contributed by atoms with Gasteiger partial charge in [0.2, 0.25) is 0 Å². The SMILES string of the molecule is C=CCC1CC2CCC(c3ccc(-c4cc(F)c(F)c(F)c4)cc3)CCC2C1. The van der Waals surface area contributed by atoms with Crippen LogP contribution in [0.3, 0.4) is 0 Å². The fourth-order valence-electron chi connectivity index (χ4n) is 5.45. The van der Waals surface area contributed by atoms with E-state index < -0.39 is 17.5 Å². The van der Waals surface area contributed by atoms with Crippen LogP contribution in [0.1, 0.15) is 56.4 Å². The first-order valence-electron chi connectivity index (χ1n) is 10.4. The summed E-state index contributed by atoms with van der Waals surface area (Å²) in [4.78, 5) is 0. The smallest absolute Gasteiger partial charge is 0.194 e. The highest BCUT2D eigenvalue weighted by molar-refractivity contribution is 5.64. The fraction of sp³-hybridized carbons (Fsp3) is 0.440. The lowest BCUT2D eigenvalue weighted by molar-refractivity contribution is 0.367. The van der Waals surface area contributed by atoms with E-state index in [1.165, 1.54) is 44.1 Å². The van der Waals surface area contributed by atoms with Gasteiger partial charge in [-0.25, -0.2) is 13.2 Å². The second kappa shape index (κ2) is 8.14. The van der Waals surface area contributed by atoms with Gasteiger partial charge in [-0.1, -0.05) is 30.3 Å². The molecule has 2 saturated carbocycles. The first-order chi connectivity index (χ1) is 13.5. The van der Waals surface area contributed by atoms with E-state index in [4.69, 9.17) is 0 Å². The molecule has 0 N–H and O–H groups in total. The normalized spacial score (nSPS) is 27.2. The Labute approximate surface area is 165 Å². The van der Waals surface area contributed by atoms with Crippen LogP contribution in [0.25, 0.3) is 11.1 Å². The van der Waals surface area contributed by atoms with Gasteiger partial charge in [0.15, 0.2) is 17.5 Å². The molecule has 0 spiro atoms. The molecule has 148 valence electrons. The number of benzene rings is 2. The molecule has 28 heavy (non-hydrogen) atoms. The van der Waals surface area contributed by atoms with E-state index >= 15 is 0 Å². The third kappa shape index (κ3) is 3.90. The maximum atomic E-state index is 13.5. The van der Waals surface area contributed by atoms with E-state index in [1.807, 2.05) is 12.1 Å². The Morgan fingerprint density at radius 2 is 1.39 bits per heavy atom. The minimum Gasteiger partial charge on any atom is -0.204 e. The minimum atomic E-state index is -1.42. The van der Waals surface area contributed by atoms with Crippen LogP contribution in [0.2, 0.25) is 0 Å². The number of halogens is 3. The maximum absolute atomic E-state index is 13.5. The molecule has 2 aliphatic carbocycles. The van der Waals surface area contributed by atoms with Crippen LogP contribution >= 0.6 is 0 Å². The Morgan fingerprint density at radius 1 is 0.821 bits per heavy atom. The van der Waals surface area contributed by atoms with E-state index in [2.05, 4.69) is 24.8 Å². The third-order valence-electron chi connectivity index (χ3n) is 6.91. The Balaban J connectivity index is 1.44. The molecule has 0 radical (unpaired) electrons. The summed E-state index contributed by atoms with van der Waals surface area (Å²) in [5, 5.41) is 0. The van der Waals surface area contributed by atoms with Gasteiger partial charge in [-0.15, -0.1) is 6.58 Å². The van der Waals surface area contributed by atoms with Crippen molar-refractivity contribution in [2.24, 2.45) is 17.8 Å². The molecule has 4 rings (SSSR count). The van der Waals surface area contributed by atoms with Crippen molar-refractivity contribution in [1.29, 1.82) is 0 Å². The third-order valence-corrected chi connectivity index (χ3v) is 6.91. The molecule has 0 amide bonds. The van der Waals surface area contributed by atoms with Gasteiger partial charge in [0.1, 0.15) is 0 Å². The summed E-state index contributed by atoms with van der Waals surface area (Å²) in [6.07, 6.45) is 10.9. The molecule has 2 aliphatic rings. The molecule has 0 aromatic heterocycles. The standard InChI is InChI=1S/C25H27F3/c1-2-3-16-12-20-10-8-18(9-11-21(20)13-16)17-4-6-19(7-5-17)22-14-23(26)25(28)24(27)15-22/h2,4-7,14-16,18,20-21H,1,3,8-13H2. The average molecular weight is 384 g/mol. The molecule has 2 unspecified atom stereocenters. The fourth-order valence-corrected chi connectivity index (χ4v) is 5.45. The Morgan fingerprint density at radius 3 is 1.93 bits per heavy atom. The number of fused-ring (bicyclic) bond motifs is 1. The molecule has 0 bridgehead atoms. The highest BCUT2D eigenvalue weighted by atomic mass is 19.2. The van der Waals surface area contributed by atoms with Gasteiger partial charge in [0, 0.05) is 0 Å². The molecule has 0 saturated heterocycles. The van der Waals surface area contributed by atoms with Crippen molar-refractivity contribution in [2.75, 3.05) is 0 Å². The summed E-state index contributed by atoms with van der Waals surface area (Å²) in [6, 6.07) is 10.0. The monoisotopic (exact) mass is 384 g/mol. The first-order valence-corrected chi connectivity index (χ1v) is 10.4. The van der Waals surface area contributed by atoms with E-state index in [9.17, 15) is 13.2 Å². The number of hydrogen-bond acceptors (Lipinski definition) is 0. The van der Waals surface area contributed by atoms with E-state index in [0.29, 0.717) is 17.0 Å². The second-order valence-electron chi connectivity index (χ2n) is 8.61. The van der Waals surface area contributed by atoms with Crippen LogP contribution in [0, 0.1) is 35.2 Å². The molecule has 0 heterocycles. The second-order valence-corrected chi connectivity index (χ2v) is 8.61. The predicted octanol–water partition coefficient (Wildman–Crippen LogP) is 7.65. The van der Waals surface area contributed by atoms with Gasteiger partial charge in [-0.3, -0.25) is 0 Å². The molecule has 2 atom stereocenters. The molecule has 2 fully saturated rings. The van der Waals surface area contributed by atoms with Crippen molar-refractivity contribution in [1.82, 2.24) is 0 Å². The number of rotatable bonds is 4. The van der Waals surface area contributed by atoms with Gasteiger partial charge in [0.05, 0.1) is 0 Å². The maximum Gasteiger partial charge on any atom is 0.194 e. The van der Waals surface area contributed by atoms with Gasteiger partial charge < -0.3 is 0 Å². The lowest BCUT2D eigenvalue weighted by atomic mass is 9.89. The lowest BCUT2D eigenvalue weighted by Gasteiger charge is -2.16. The molecular weight excluding hydrogens is 357 g/mol. The summed E-state index contributed by atoms with van der Waals surface area (Å²) in [7, 11) is 0. The average Bonchev–Trinajstić information content (AvgIpc) is 2.97. The Kier molecular flexibility index (Phi) is 5.61. The van der Waals surface area contributed by atoms with E-state index in [0.717, 1.165) is 36.3 Å². The van der Waals surface area contributed by atoms with Crippen molar-refractivity contribution >= 4 is 0 Å². The summed E-state index contributed by atoms with van der Waals surface area (Å²) in [6.45, 7) is 3.89. The van der Waals surface area contributed by atoms with Gasteiger partial charge in [0.25, 0.3) is 0 Å². The molecule has 2 aromatic rings. The van der Waals surface area contributed by atoms with Crippen molar-refractivity contribution in [3.05, 3.63) is 72.1 Å². The van der Waals surface area contributed by atoms with E-state index in [-0.39, 0.29) is 0 Å². The Bertz CT molecular complexity index is 800. The van der Waals surface area contributed by atoms with Crippen LogP contribution < -0.4 is 0 Å². The van der Waals surface area contributed by atoms with Crippen molar-refractivity contribution in [3.8, 4) is 11.1 Å². The number of allylic oxidation sites excluding steroid dienone is 1. The zero-order valence-electron chi connectivity index (χ0n) is 16.1. The Hall–Kier alpha value is -2.03. The van der Waals surface area contributed by atoms with E-state index in [1.54, 1.807) is 0 Å². The van der Waals surface area contributed by atoms with Crippen LogP contribution in [-0.2, 0) is 0 Å². The summed E-state index contributed by atoms with van der Waals surface area (Å²) < 4.78 is 40.2. The molecule has 0 nitrogen and oxygen atoms in total. The zero-order valence-corrected chi connectivity index (χ0v) is 16.1. The van der Waals surface area contributed by atoms with Crippen molar-refractivity contribution in [2.45, 2.75) is 50.9 Å². The predicted molar refractivity (Wildman–Crippen MR) is 107 cm³/mol. The minimum absolute atomic E-state index is 0.367. The van der Waals surface area contributed by atoms with Gasteiger partial charge >= 0.3 is 0 Å². The lowest BCUT2D eigenvalue weighted by Crippen LogP contribution is -2.04. The van der Waals surface area contributed by atoms with Crippen LogP contribution in [0.5, 0.6) is 0 Å². The zero-order chi connectivity index (χ0) is 19.7. The van der Waals surface area contributed by atoms with Crippen molar-refractivity contribution in [3.63, 3.8) is 0 Å². The van der Waals surface area contributed by atoms with Gasteiger partial charge in [-0.05, 0) is 97.4 Å². The number of hydrogen-bond donors (Lipinski definition) is 0. The highest BCUT2D eigenvalue weighted by Gasteiger charge is 2.35. The summed E-state index contributed by atoms with van der Waals surface area (Å²) >= 11 is 0. The molecule has 2 aromatic carbocycles. The molecule has 0 aliphatic heterocycles. The van der Waals surface area contributed by atoms with Crippen LogP contribution in [0.15, 0.2) is 49.1 Å².